The maximum atomic E-state index is 12.1. The van der Waals surface area contributed by atoms with Crippen LogP contribution in [-0.4, -0.2) is 26.2 Å². The lowest BCUT2D eigenvalue weighted by Crippen LogP contribution is -2.23. The molecule has 0 amide bonds. The lowest BCUT2D eigenvalue weighted by atomic mass is 9.80. The van der Waals surface area contributed by atoms with E-state index in [4.69, 9.17) is 0 Å². The molecule has 8 heteroatoms. The van der Waals surface area contributed by atoms with E-state index < -0.39 is 16.8 Å². The number of nitro groups is 1. The highest BCUT2D eigenvalue weighted by atomic mass is 16.6. The van der Waals surface area contributed by atoms with Gasteiger partial charge in [0.15, 0.2) is 5.82 Å². The molecule has 0 saturated carbocycles. The minimum Gasteiger partial charge on any atom is -0.478 e. The fourth-order valence-electron chi connectivity index (χ4n) is 3.65. The Morgan fingerprint density at radius 3 is 2.50 bits per heavy atom. The number of hydrogen-bond acceptors (Lipinski definition) is 5. The first-order chi connectivity index (χ1) is 13.5. The van der Waals surface area contributed by atoms with Gasteiger partial charge in [-0.3, -0.25) is 15.2 Å². The summed E-state index contributed by atoms with van der Waals surface area (Å²) in [6.07, 6.45) is 0. The van der Waals surface area contributed by atoms with Crippen molar-refractivity contribution in [3.05, 3.63) is 87.1 Å². The monoisotopic (exact) mass is 376 g/mol. The van der Waals surface area contributed by atoms with E-state index in [1.165, 1.54) is 6.07 Å². The second-order valence-electron chi connectivity index (χ2n) is 6.44. The average Bonchev–Trinajstić information content (AvgIpc) is 3.10. The van der Waals surface area contributed by atoms with Crippen LogP contribution in [0.25, 0.3) is 11.3 Å². The zero-order valence-corrected chi connectivity index (χ0v) is 14.8. The van der Waals surface area contributed by atoms with E-state index in [0.29, 0.717) is 28.3 Å². The molecule has 4 rings (SSSR count). The summed E-state index contributed by atoms with van der Waals surface area (Å²) < 4.78 is 0. The first-order valence-corrected chi connectivity index (χ1v) is 8.57. The molecule has 28 heavy (non-hydrogen) atoms. The Balaban J connectivity index is 2.03. The van der Waals surface area contributed by atoms with E-state index >= 15 is 0 Å². The molecule has 1 aromatic heterocycles. The molecule has 1 unspecified atom stereocenters. The first-order valence-electron chi connectivity index (χ1n) is 8.57. The summed E-state index contributed by atoms with van der Waals surface area (Å²) >= 11 is 0. The molecule has 3 N–H and O–H groups in total. The predicted octanol–water partition coefficient (Wildman–Crippen LogP) is 3.90. The number of carbonyl (C=O) groups is 1. The van der Waals surface area contributed by atoms with Gasteiger partial charge in [0.1, 0.15) is 0 Å². The summed E-state index contributed by atoms with van der Waals surface area (Å²) in [6, 6.07) is 15.5. The van der Waals surface area contributed by atoms with Gasteiger partial charge in [-0.25, -0.2) is 4.79 Å². The van der Waals surface area contributed by atoms with Crippen LogP contribution in [0.3, 0.4) is 0 Å². The number of anilines is 1. The van der Waals surface area contributed by atoms with E-state index in [1.54, 1.807) is 25.1 Å². The molecule has 8 nitrogen and oxygen atoms in total. The molecule has 0 fully saturated rings. The van der Waals surface area contributed by atoms with Crippen LogP contribution in [0.1, 0.15) is 24.0 Å². The number of carboxylic acids is 1. The summed E-state index contributed by atoms with van der Waals surface area (Å²) in [6.45, 7) is 1.63. The number of H-pyrrole nitrogens is 1. The molecular formula is C20H16N4O4. The summed E-state index contributed by atoms with van der Waals surface area (Å²) in [5.41, 5.74) is 2.64. The fourth-order valence-corrected chi connectivity index (χ4v) is 3.65. The molecule has 1 aliphatic rings. The number of fused-ring (bicyclic) bond motifs is 1. The van der Waals surface area contributed by atoms with Gasteiger partial charge in [-0.2, -0.15) is 5.10 Å². The summed E-state index contributed by atoms with van der Waals surface area (Å²) in [7, 11) is 0. The normalized spacial score (nSPS) is 15.7. The first kappa shape index (κ1) is 17.5. The molecule has 2 aromatic carbocycles. The zero-order chi connectivity index (χ0) is 19.8. The number of nitro benzene ring substituents is 1. The largest absolute Gasteiger partial charge is 0.478 e. The van der Waals surface area contributed by atoms with Crippen LogP contribution in [0, 0.1) is 10.1 Å². The third kappa shape index (κ3) is 2.71. The Kier molecular flexibility index (Phi) is 4.15. The van der Waals surface area contributed by atoms with E-state index in [-0.39, 0.29) is 11.3 Å². The molecule has 1 atom stereocenters. The van der Waals surface area contributed by atoms with Crippen LogP contribution in [0.15, 0.2) is 65.9 Å². The van der Waals surface area contributed by atoms with Crippen LogP contribution in [0.4, 0.5) is 11.5 Å². The SMILES string of the molecule is CC1=C(C(=O)O)C(c2ccccc2[N+](=O)[O-])c2c(n[nH]c2-c2ccccc2)N1. The van der Waals surface area contributed by atoms with Gasteiger partial charge in [-0.15, -0.1) is 0 Å². The number of aromatic nitrogens is 2. The van der Waals surface area contributed by atoms with Crippen molar-refractivity contribution in [2.75, 3.05) is 5.32 Å². The Labute approximate surface area is 159 Å². The van der Waals surface area contributed by atoms with Gasteiger partial charge < -0.3 is 10.4 Å². The lowest BCUT2D eigenvalue weighted by molar-refractivity contribution is -0.385. The van der Waals surface area contributed by atoms with Crippen molar-refractivity contribution in [1.29, 1.82) is 0 Å². The molecule has 140 valence electrons. The number of aliphatic carboxylic acids is 1. The van der Waals surface area contributed by atoms with Crippen LogP contribution < -0.4 is 5.32 Å². The topological polar surface area (TPSA) is 121 Å². The number of carboxylic acid groups (broad SMARTS) is 1. The number of benzene rings is 2. The zero-order valence-electron chi connectivity index (χ0n) is 14.8. The number of para-hydroxylation sites is 1. The molecule has 3 aromatic rings. The maximum Gasteiger partial charge on any atom is 0.334 e. The van der Waals surface area contributed by atoms with Gasteiger partial charge in [0.2, 0.25) is 0 Å². The van der Waals surface area contributed by atoms with Gasteiger partial charge in [0.25, 0.3) is 5.69 Å². The Morgan fingerprint density at radius 2 is 1.82 bits per heavy atom. The lowest BCUT2D eigenvalue weighted by Gasteiger charge is -2.26. The summed E-state index contributed by atoms with van der Waals surface area (Å²) in [4.78, 5) is 23.2. The van der Waals surface area contributed by atoms with Gasteiger partial charge in [0, 0.05) is 22.9 Å². The van der Waals surface area contributed by atoms with Crippen molar-refractivity contribution in [2.24, 2.45) is 0 Å². The minimum atomic E-state index is -1.14. The van der Waals surface area contributed by atoms with Gasteiger partial charge in [0.05, 0.1) is 22.1 Å². The maximum absolute atomic E-state index is 12.1. The number of nitrogens with zero attached hydrogens (tertiary/aromatic N) is 2. The number of rotatable bonds is 4. The van der Waals surface area contributed by atoms with E-state index in [0.717, 1.165) is 5.56 Å². The standard InChI is InChI=1S/C20H16N4O4/c1-11-15(20(25)26)16(13-9-5-6-10-14(13)24(27)28)17-18(22-23-19(17)21-11)12-7-3-2-4-8-12/h2-10,16H,1H3,(H,25,26)(H2,21,22,23). The smallest absolute Gasteiger partial charge is 0.334 e. The van der Waals surface area contributed by atoms with Crippen molar-refractivity contribution >= 4 is 17.5 Å². The number of aromatic amines is 1. The molecule has 0 spiro atoms. The van der Waals surface area contributed by atoms with Gasteiger partial charge in [-0.1, -0.05) is 48.5 Å². The van der Waals surface area contributed by atoms with Crippen LogP contribution in [0.2, 0.25) is 0 Å². The summed E-state index contributed by atoms with van der Waals surface area (Å²) in [5.74, 6) is -1.52. The van der Waals surface area contributed by atoms with Crippen molar-refractivity contribution in [3.63, 3.8) is 0 Å². The van der Waals surface area contributed by atoms with Gasteiger partial charge in [-0.05, 0) is 12.5 Å². The van der Waals surface area contributed by atoms with Crippen molar-refractivity contribution in [1.82, 2.24) is 10.2 Å². The minimum absolute atomic E-state index is 0.0559. The highest BCUT2D eigenvalue weighted by Crippen LogP contribution is 2.47. The Hall–Kier alpha value is -3.94. The van der Waals surface area contributed by atoms with E-state index in [1.807, 2.05) is 30.3 Å². The molecule has 0 saturated heterocycles. The fraction of sp³-hybridized carbons (Fsp3) is 0.100. The second kappa shape index (κ2) is 6.66. The molecular weight excluding hydrogens is 360 g/mol. The van der Waals surface area contributed by atoms with Crippen LogP contribution in [-0.2, 0) is 4.79 Å². The molecule has 0 aliphatic carbocycles. The van der Waals surface area contributed by atoms with Crippen LogP contribution >= 0.6 is 0 Å². The molecule has 0 radical (unpaired) electrons. The quantitative estimate of drug-likeness (QED) is 0.469. The van der Waals surface area contributed by atoms with Crippen molar-refractivity contribution in [2.45, 2.75) is 12.8 Å². The molecule has 0 bridgehead atoms. The number of nitrogens with one attached hydrogen (secondary N) is 2. The highest BCUT2D eigenvalue weighted by Gasteiger charge is 2.39. The van der Waals surface area contributed by atoms with E-state index in [9.17, 15) is 20.0 Å². The Morgan fingerprint density at radius 1 is 1.14 bits per heavy atom. The van der Waals surface area contributed by atoms with Gasteiger partial charge >= 0.3 is 5.97 Å². The second-order valence-corrected chi connectivity index (χ2v) is 6.44. The third-order valence-corrected chi connectivity index (χ3v) is 4.83. The molecule has 1 aliphatic heterocycles. The van der Waals surface area contributed by atoms with Crippen molar-refractivity contribution in [3.8, 4) is 11.3 Å². The summed E-state index contributed by atoms with van der Waals surface area (Å²) in [5, 5.41) is 31.8. The van der Waals surface area contributed by atoms with E-state index in [2.05, 4.69) is 15.5 Å². The number of hydrogen-bond donors (Lipinski definition) is 3. The third-order valence-electron chi connectivity index (χ3n) is 4.83. The van der Waals surface area contributed by atoms with Crippen LogP contribution in [0.5, 0.6) is 0 Å². The highest BCUT2D eigenvalue weighted by molar-refractivity contribution is 5.94. The Bertz CT molecular complexity index is 1120. The molecule has 2 heterocycles. The van der Waals surface area contributed by atoms with Crippen molar-refractivity contribution < 1.29 is 14.8 Å². The average molecular weight is 376 g/mol. The predicted molar refractivity (Wildman–Crippen MR) is 103 cm³/mol. The number of allylic oxidation sites excluding steroid dienone is 1.